The molecule has 1 fully saturated rings. The predicted octanol–water partition coefficient (Wildman–Crippen LogP) is 1.28. The number of aliphatic imine (C=N–C) groups is 1. The number of anilines is 1. The SMILES string of the molecule is CCNC(=NCc1nncn1C)N1CCN(c2ncc(Br)c(OC)n2)CC1.I. The Morgan fingerprint density at radius 2 is 2.07 bits per heavy atom. The number of hydrogen-bond acceptors (Lipinski definition) is 7. The zero-order valence-corrected chi connectivity index (χ0v) is 20.1. The molecule has 3 rings (SSSR count). The van der Waals surface area contributed by atoms with E-state index in [9.17, 15) is 0 Å². The number of halogens is 2. The van der Waals surface area contributed by atoms with Crippen molar-refractivity contribution < 1.29 is 4.74 Å². The molecule has 1 saturated heterocycles. The van der Waals surface area contributed by atoms with Gasteiger partial charge >= 0.3 is 0 Å². The minimum atomic E-state index is 0. The van der Waals surface area contributed by atoms with Crippen LogP contribution >= 0.6 is 39.9 Å². The zero-order chi connectivity index (χ0) is 19.2. The van der Waals surface area contributed by atoms with Gasteiger partial charge in [0.2, 0.25) is 11.8 Å². The molecular weight excluding hydrogens is 541 g/mol. The van der Waals surface area contributed by atoms with Gasteiger partial charge in [0.1, 0.15) is 12.9 Å². The van der Waals surface area contributed by atoms with Gasteiger partial charge in [0.15, 0.2) is 11.8 Å². The Morgan fingerprint density at radius 3 is 2.68 bits per heavy atom. The number of ether oxygens (including phenoxy) is 1. The standard InChI is InChI=1S/C16H24BrN9O.HI/c1-4-18-15(20-10-13-23-21-11-24(13)2)25-5-7-26(8-6-25)16-19-9-12(17)14(22-16)27-3;/h9,11H,4-8,10H2,1-3H3,(H,18,20);1H. The van der Waals surface area contributed by atoms with E-state index < -0.39 is 0 Å². The number of guanidine groups is 1. The van der Waals surface area contributed by atoms with Crippen molar-refractivity contribution >= 4 is 51.8 Å². The van der Waals surface area contributed by atoms with Crippen LogP contribution in [0.5, 0.6) is 5.88 Å². The molecule has 28 heavy (non-hydrogen) atoms. The van der Waals surface area contributed by atoms with E-state index >= 15 is 0 Å². The number of hydrogen-bond donors (Lipinski definition) is 1. The van der Waals surface area contributed by atoms with Crippen molar-refractivity contribution in [1.82, 2.24) is 34.9 Å². The summed E-state index contributed by atoms with van der Waals surface area (Å²) in [6, 6.07) is 0. The molecule has 0 spiro atoms. The third kappa shape index (κ3) is 5.43. The van der Waals surface area contributed by atoms with Gasteiger partial charge in [-0.2, -0.15) is 4.98 Å². The maximum Gasteiger partial charge on any atom is 0.232 e. The highest BCUT2D eigenvalue weighted by Gasteiger charge is 2.22. The maximum absolute atomic E-state index is 5.27. The van der Waals surface area contributed by atoms with Crippen molar-refractivity contribution in [1.29, 1.82) is 0 Å². The van der Waals surface area contributed by atoms with Crippen LogP contribution in [-0.2, 0) is 13.6 Å². The first-order valence-corrected chi connectivity index (χ1v) is 9.59. The summed E-state index contributed by atoms with van der Waals surface area (Å²) in [4.78, 5) is 18.0. The lowest BCUT2D eigenvalue weighted by molar-refractivity contribution is 0.366. The summed E-state index contributed by atoms with van der Waals surface area (Å²) in [5.41, 5.74) is 0. The molecule has 0 saturated carbocycles. The Morgan fingerprint density at radius 1 is 1.32 bits per heavy atom. The second kappa shape index (κ2) is 10.7. The Kier molecular flexibility index (Phi) is 8.66. The van der Waals surface area contributed by atoms with E-state index in [1.165, 1.54) is 0 Å². The summed E-state index contributed by atoms with van der Waals surface area (Å²) < 4.78 is 7.89. The van der Waals surface area contributed by atoms with Crippen LogP contribution < -0.4 is 15.0 Å². The molecular formula is C16H25BrIN9O. The van der Waals surface area contributed by atoms with E-state index in [0.717, 1.165) is 49.0 Å². The summed E-state index contributed by atoms with van der Waals surface area (Å²) in [7, 11) is 3.52. The number of nitrogens with one attached hydrogen (secondary N) is 1. The van der Waals surface area contributed by atoms with E-state index in [4.69, 9.17) is 9.73 Å². The zero-order valence-electron chi connectivity index (χ0n) is 16.2. The summed E-state index contributed by atoms with van der Waals surface area (Å²) in [5.74, 6) is 2.94. The van der Waals surface area contributed by atoms with Crippen molar-refractivity contribution in [2.75, 3.05) is 44.7 Å². The van der Waals surface area contributed by atoms with Gasteiger partial charge in [-0.25, -0.2) is 9.98 Å². The molecule has 1 aliphatic rings. The second-order valence-electron chi connectivity index (χ2n) is 6.03. The van der Waals surface area contributed by atoms with Crippen molar-refractivity contribution in [2.45, 2.75) is 13.5 Å². The minimum Gasteiger partial charge on any atom is -0.480 e. The van der Waals surface area contributed by atoms with Gasteiger partial charge in [-0.15, -0.1) is 34.2 Å². The average Bonchev–Trinajstić information content (AvgIpc) is 3.10. The van der Waals surface area contributed by atoms with Crippen LogP contribution in [0.4, 0.5) is 5.95 Å². The molecule has 2 aromatic heterocycles. The van der Waals surface area contributed by atoms with Crippen LogP contribution in [0, 0.1) is 0 Å². The summed E-state index contributed by atoms with van der Waals surface area (Å²) in [5, 5.41) is 11.3. The number of methoxy groups -OCH3 is 1. The first kappa shape index (κ1) is 22.6. The lowest BCUT2D eigenvalue weighted by Gasteiger charge is -2.36. The van der Waals surface area contributed by atoms with Crippen LogP contribution in [0.2, 0.25) is 0 Å². The molecule has 0 radical (unpaired) electrons. The Balaban J connectivity index is 0.00000280. The number of piperazine rings is 1. The van der Waals surface area contributed by atoms with Gasteiger partial charge in [-0.3, -0.25) is 0 Å². The fourth-order valence-electron chi connectivity index (χ4n) is 2.78. The van der Waals surface area contributed by atoms with Crippen molar-refractivity contribution in [3.05, 3.63) is 22.8 Å². The lowest BCUT2D eigenvalue weighted by atomic mass is 10.3. The van der Waals surface area contributed by atoms with Gasteiger partial charge in [-0.05, 0) is 22.9 Å². The van der Waals surface area contributed by atoms with E-state index in [-0.39, 0.29) is 24.0 Å². The molecule has 0 amide bonds. The van der Waals surface area contributed by atoms with Crippen LogP contribution in [0.15, 0.2) is 22.0 Å². The molecule has 1 aliphatic heterocycles. The Labute approximate surface area is 189 Å². The first-order valence-electron chi connectivity index (χ1n) is 8.80. The molecule has 0 bridgehead atoms. The van der Waals surface area contributed by atoms with Crippen molar-refractivity contribution in [2.24, 2.45) is 12.0 Å². The van der Waals surface area contributed by atoms with Crippen molar-refractivity contribution in [3.8, 4) is 5.88 Å². The van der Waals surface area contributed by atoms with E-state index in [1.54, 1.807) is 19.6 Å². The molecule has 0 unspecified atom stereocenters. The molecule has 10 nitrogen and oxygen atoms in total. The number of nitrogens with zero attached hydrogens (tertiary/aromatic N) is 8. The topological polar surface area (TPSA) is 96.6 Å². The fraction of sp³-hybridized carbons (Fsp3) is 0.562. The maximum atomic E-state index is 5.27. The van der Waals surface area contributed by atoms with Gasteiger partial charge in [0.25, 0.3) is 0 Å². The molecule has 3 heterocycles. The van der Waals surface area contributed by atoms with E-state index in [2.05, 4.69) is 58.1 Å². The summed E-state index contributed by atoms with van der Waals surface area (Å²) in [6.45, 7) is 6.63. The molecule has 12 heteroatoms. The van der Waals surface area contributed by atoms with Crippen molar-refractivity contribution in [3.63, 3.8) is 0 Å². The minimum absolute atomic E-state index is 0. The van der Waals surface area contributed by atoms with Gasteiger partial charge < -0.3 is 24.4 Å². The van der Waals surface area contributed by atoms with Gasteiger partial charge in [0, 0.05) is 39.8 Å². The van der Waals surface area contributed by atoms with Gasteiger partial charge in [-0.1, -0.05) is 0 Å². The molecule has 1 N–H and O–H groups in total. The molecule has 0 aliphatic carbocycles. The molecule has 0 aromatic carbocycles. The smallest absolute Gasteiger partial charge is 0.232 e. The highest BCUT2D eigenvalue weighted by molar-refractivity contribution is 14.0. The van der Waals surface area contributed by atoms with Crippen LogP contribution in [0.25, 0.3) is 0 Å². The molecule has 154 valence electrons. The molecule has 2 aromatic rings. The largest absolute Gasteiger partial charge is 0.480 e. The number of aryl methyl sites for hydroxylation is 1. The van der Waals surface area contributed by atoms with E-state index in [0.29, 0.717) is 18.4 Å². The summed E-state index contributed by atoms with van der Waals surface area (Å²) in [6.07, 6.45) is 3.41. The predicted molar refractivity (Wildman–Crippen MR) is 121 cm³/mol. The number of aromatic nitrogens is 5. The van der Waals surface area contributed by atoms with Crippen LogP contribution in [0.1, 0.15) is 12.7 Å². The molecule has 0 atom stereocenters. The lowest BCUT2D eigenvalue weighted by Crippen LogP contribution is -2.53. The monoisotopic (exact) mass is 565 g/mol. The Bertz CT molecular complexity index is 792. The summed E-state index contributed by atoms with van der Waals surface area (Å²) >= 11 is 3.39. The second-order valence-corrected chi connectivity index (χ2v) is 6.88. The highest BCUT2D eigenvalue weighted by Crippen LogP contribution is 2.23. The highest BCUT2D eigenvalue weighted by atomic mass is 127. The average molecular weight is 566 g/mol. The quantitative estimate of drug-likeness (QED) is 0.329. The van der Waals surface area contributed by atoms with E-state index in [1.807, 2.05) is 11.6 Å². The van der Waals surface area contributed by atoms with Crippen LogP contribution in [0.3, 0.4) is 0 Å². The fourth-order valence-corrected chi connectivity index (χ4v) is 3.13. The van der Waals surface area contributed by atoms with Crippen LogP contribution in [-0.4, -0.2) is 75.4 Å². The third-order valence-electron chi connectivity index (χ3n) is 4.26. The third-order valence-corrected chi connectivity index (χ3v) is 4.81. The van der Waals surface area contributed by atoms with Gasteiger partial charge in [0.05, 0.1) is 17.8 Å². The first-order chi connectivity index (χ1) is 13.1. The normalized spacial score (nSPS) is 14.6. The number of rotatable bonds is 5. The Hall–Kier alpha value is -1.70.